The molecule has 1 heterocycles. The summed E-state index contributed by atoms with van der Waals surface area (Å²) in [6, 6.07) is 0.0339. The molecule has 0 radical (unpaired) electrons. The van der Waals surface area contributed by atoms with E-state index in [1.165, 1.54) is 25.7 Å². The van der Waals surface area contributed by atoms with Crippen LogP contribution in [-0.2, 0) is 9.59 Å². The smallest absolute Gasteiger partial charge is 0.243 e. The lowest BCUT2D eigenvalue weighted by molar-refractivity contribution is -0.138. The summed E-state index contributed by atoms with van der Waals surface area (Å²) in [7, 11) is 0. The second-order valence-corrected chi connectivity index (χ2v) is 7.63. The molecule has 5 atom stereocenters. The SMILES string of the molecule is CCCC(=O)N1CCCC1C(=O)NC(C)C1CC2CCC1C2. The van der Waals surface area contributed by atoms with Crippen molar-refractivity contribution in [3.8, 4) is 0 Å². The van der Waals surface area contributed by atoms with Gasteiger partial charge in [-0.25, -0.2) is 0 Å². The van der Waals surface area contributed by atoms with Crippen LogP contribution in [0.2, 0.25) is 0 Å². The number of likely N-dealkylation sites (tertiary alicyclic amines) is 1. The van der Waals surface area contributed by atoms with Gasteiger partial charge in [0.25, 0.3) is 0 Å². The molecule has 4 nitrogen and oxygen atoms in total. The summed E-state index contributed by atoms with van der Waals surface area (Å²) in [6.07, 6.45) is 8.59. The number of nitrogens with zero attached hydrogens (tertiary/aromatic N) is 1. The van der Waals surface area contributed by atoms with E-state index in [-0.39, 0.29) is 23.9 Å². The number of amides is 2. The minimum Gasteiger partial charge on any atom is -0.352 e. The van der Waals surface area contributed by atoms with Gasteiger partial charge in [0.15, 0.2) is 0 Å². The summed E-state index contributed by atoms with van der Waals surface area (Å²) in [5, 5.41) is 3.24. The van der Waals surface area contributed by atoms with Crippen molar-refractivity contribution in [2.24, 2.45) is 17.8 Å². The summed E-state index contributed by atoms with van der Waals surface area (Å²) in [6.45, 7) is 4.93. The largest absolute Gasteiger partial charge is 0.352 e. The molecule has 0 aromatic heterocycles. The lowest BCUT2D eigenvalue weighted by Crippen LogP contribution is -2.50. The Morgan fingerprint density at radius 3 is 2.68 bits per heavy atom. The highest BCUT2D eigenvalue weighted by molar-refractivity contribution is 5.88. The van der Waals surface area contributed by atoms with E-state index in [0.29, 0.717) is 12.3 Å². The van der Waals surface area contributed by atoms with Crippen LogP contribution < -0.4 is 5.32 Å². The normalized spacial score (nSPS) is 34.9. The molecular formula is C18H30N2O2. The molecule has 2 bridgehead atoms. The van der Waals surface area contributed by atoms with Crippen molar-refractivity contribution in [3.63, 3.8) is 0 Å². The summed E-state index contributed by atoms with van der Waals surface area (Å²) < 4.78 is 0. The van der Waals surface area contributed by atoms with Crippen molar-refractivity contribution in [1.82, 2.24) is 10.2 Å². The van der Waals surface area contributed by atoms with Gasteiger partial charge in [-0.2, -0.15) is 0 Å². The maximum Gasteiger partial charge on any atom is 0.243 e. The van der Waals surface area contributed by atoms with E-state index in [4.69, 9.17) is 0 Å². The molecule has 1 aliphatic heterocycles. The Morgan fingerprint density at radius 1 is 1.23 bits per heavy atom. The Kier molecular flexibility index (Phi) is 4.74. The fourth-order valence-corrected chi connectivity index (χ4v) is 5.03. The Hall–Kier alpha value is -1.06. The Morgan fingerprint density at radius 2 is 2.05 bits per heavy atom. The summed E-state index contributed by atoms with van der Waals surface area (Å²) in [5.41, 5.74) is 0. The predicted octanol–water partition coefficient (Wildman–Crippen LogP) is 2.72. The maximum atomic E-state index is 12.6. The molecule has 2 saturated carbocycles. The van der Waals surface area contributed by atoms with Gasteiger partial charge in [0.1, 0.15) is 6.04 Å². The van der Waals surface area contributed by atoms with E-state index in [1.54, 1.807) is 0 Å². The lowest BCUT2D eigenvalue weighted by atomic mass is 9.84. The summed E-state index contributed by atoms with van der Waals surface area (Å²) >= 11 is 0. The number of carbonyl (C=O) groups is 2. The molecule has 4 heteroatoms. The second kappa shape index (κ2) is 6.59. The van der Waals surface area contributed by atoms with E-state index in [9.17, 15) is 9.59 Å². The van der Waals surface area contributed by atoms with E-state index >= 15 is 0 Å². The zero-order chi connectivity index (χ0) is 15.7. The van der Waals surface area contributed by atoms with Crippen molar-refractivity contribution in [3.05, 3.63) is 0 Å². The lowest BCUT2D eigenvalue weighted by Gasteiger charge is -2.31. The zero-order valence-corrected chi connectivity index (χ0v) is 14.0. The van der Waals surface area contributed by atoms with Crippen molar-refractivity contribution in [2.45, 2.75) is 77.3 Å². The number of rotatable bonds is 5. The number of hydrogen-bond donors (Lipinski definition) is 1. The zero-order valence-electron chi connectivity index (χ0n) is 14.0. The molecule has 0 aromatic carbocycles. The Labute approximate surface area is 134 Å². The van der Waals surface area contributed by atoms with Crippen molar-refractivity contribution in [1.29, 1.82) is 0 Å². The molecule has 1 N–H and O–H groups in total. The molecule has 0 spiro atoms. The molecule has 0 aromatic rings. The van der Waals surface area contributed by atoms with Crippen LogP contribution in [0.15, 0.2) is 0 Å². The van der Waals surface area contributed by atoms with Crippen molar-refractivity contribution in [2.75, 3.05) is 6.54 Å². The van der Waals surface area contributed by atoms with Crippen LogP contribution in [0.5, 0.6) is 0 Å². The highest BCUT2D eigenvalue weighted by Crippen LogP contribution is 2.49. The minimum absolute atomic E-state index is 0.0808. The van der Waals surface area contributed by atoms with Gasteiger partial charge >= 0.3 is 0 Å². The quantitative estimate of drug-likeness (QED) is 0.849. The molecule has 3 rings (SSSR count). The monoisotopic (exact) mass is 306 g/mol. The van der Waals surface area contributed by atoms with Gasteiger partial charge in [-0.05, 0) is 63.2 Å². The number of hydrogen-bond acceptors (Lipinski definition) is 2. The van der Waals surface area contributed by atoms with Crippen molar-refractivity contribution < 1.29 is 9.59 Å². The van der Waals surface area contributed by atoms with Crippen molar-refractivity contribution >= 4 is 11.8 Å². The summed E-state index contributed by atoms with van der Waals surface area (Å²) in [5.74, 6) is 2.61. The highest BCUT2D eigenvalue weighted by Gasteiger charge is 2.43. The van der Waals surface area contributed by atoms with E-state index in [0.717, 1.165) is 37.6 Å². The molecular weight excluding hydrogens is 276 g/mol. The first-order chi connectivity index (χ1) is 10.6. The molecule has 3 aliphatic rings. The molecule has 2 aliphatic carbocycles. The van der Waals surface area contributed by atoms with Crippen LogP contribution in [0, 0.1) is 17.8 Å². The van der Waals surface area contributed by atoms with Gasteiger partial charge in [-0.1, -0.05) is 13.3 Å². The molecule has 3 fully saturated rings. The molecule has 2 amide bonds. The van der Waals surface area contributed by atoms with Crippen LogP contribution in [0.25, 0.3) is 0 Å². The Balaban J connectivity index is 1.55. The third kappa shape index (κ3) is 3.02. The third-order valence-corrected chi connectivity index (χ3v) is 6.14. The van der Waals surface area contributed by atoms with E-state index in [1.807, 2.05) is 11.8 Å². The number of carbonyl (C=O) groups excluding carboxylic acids is 2. The van der Waals surface area contributed by atoms with Crippen LogP contribution >= 0.6 is 0 Å². The topological polar surface area (TPSA) is 49.4 Å². The van der Waals surface area contributed by atoms with Gasteiger partial charge in [0.2, 0.25) is 11.8 Å². The van der Waals surface area contributed by atoms with Gasteiger partial charge < -0.3 is 10.2 Å². The Bertz CT molecular complexity index is 437. The van der Waals surface area contributed by atoms with Crippen LogP contribution in [-0.4, -0.2) is 35.3 Å². The predicted molar refractivity (Wildman–Crippen MR) is 86.2 cm³/mol. The molecule has 1 saturated heterocycles. The molecule has 124 valence electrons. The van der Waals surface area contributed by atoms with E-state index < -0.39 is 0 Å². The highest BCUT2D eigenvalue weighted by atomic mass is 16.2. The molecule has 22 heavy (non-hydrogen) atoms. The third-order valence-electron chi connectivity index (χ3n) is 6.14. The first-order valence-corrected chi connectivity index (χ1v) is 9.20. The van der Waals surface area contributed by atoms with Crippen LogP contribution in [0.4, 0.5) is 0 Å². The number of fused-ring (bicyclic) bond motifs is 2. The molecule has 5 unspecified atom stereocenters. The second-order valence-electron chi connectivity index (χ2n) is 7.63. The van der Waals surface area contributed by atoms with Gasteiger partial charge in [0.05, 0.1) is 0 Å². The van der Waals surface area contributed by atoms with Crippen LogP contribution in [0.1, 0.15) is 65.2 Å². The fraction of sp³-hybridized carbons (Fsp3) is 0.889. The van der Waals surface area contributed by atoms with Gasteiger partial charge in [0, 0.05) is 19.0 Å². The average Bonchev–Trinajstić information content (AvgIpc) is 3.22. The summed E-state index contributed by atoms with van der Waals surface area (Å²) in [4.78, 5) is 26.6. The van der Waals surface area contributed by atoms with Gasteiger partial charge in [-0.3, -0.25) is 9.59 Å². The standard InChI is InChI=1S/C18H30N2O2/c1-3-5-17(21)20-9-4-6-16(20)18(22)19-12(2)15-11-13-7-8-14(15)10-13/h12-16H,3-11H2,1-2H3,(H,19,22). The number of nitrogens with one attached hydrogen (secondary N) is 1. The average molecular weight is 306 g/mol. The van der Waals surface area contributed by atoms with Gasteiger partial charge in [-0.15, -0.1) is 0 Å². The maximum absolute atomic E-state index is 12.6. The minimum atomic E-state index is -0.222. The fourth-order valence-electron chi connectivity index (χ4n) is 5.03. The first-order valence-electron chi connectivity index (χ1n) is 9.20. The first kappa shape index (κ1) is 15.8. The van der Waals surface area contributed by atoms with E-state index in [2.05, 4.69) is 12.2 Å². The van der Waals surface area contributed by atoms with Crippen LogP contribution in [0.3, 0.4) is 0 Å².